The molecule has 0 unspecified atom stereocenters. The summed E-state index contributed by atoms with van der Waals surface area (Å²) in [6.07, 6.45) is 2.56. The van der Waals surface area contributed by atoms with Crippen LogP contribution in [0.1, 0.15) is 50.3 Å². The number of esters is 1. The molecule has 3 amide bonds. The Kier molecular flexibility index (Phi) is 7.26. The van der Waals surface area contributed by atoms with E-state index in [1.165, 1.54) is 72.8 Å². The number of ether oxygens (including phenoxy) is 1. The molecule has 3 aromatic carbocycles. The van der Waals surface area contributed by atoms with Crippen molar-refractivity contribution in [1.29, 1.82) is 0 Å². The first-order chi connectivity index (χ1) is 20.6. The number of imide groups is 1. The van der Waals surface area contributed by atoms with E-state index < -0.39 is 52.8 Å². The van der Waals surface area contributed by atoms with Crippen LogP contribution < -0.4 is 4.74 Å². The Labute approximate surface area is 250 Å². The molecule has 1 saturated heterocycles. The summed E-state index contributed by atoms with van der Waals surface area (Å²) in [7, 11) is 0. The van der Waals surface area contributed by atoms with Crippen molar-refractivity contribution in [3.63, 3.8) is 0 Å². The molecule has 0 aromatic heterocycles. The molecule has 43 heavy (non-hydrogen) atoms. The lowest BCUT2D eigenvalue weighted by Crippen LogP contribution is -2.52. The maximum atomic E-state index is 13.7. The number of Topliss-reactive ketones (excluding diaryl/α,β-unsaturated/α-hetero) is 1. The average Bonchev–Trinajstić information content (AvgIpc) is 3.70. The molecule has 0 radical (unpaired) electrons. The number of halogens is 1. The predicted octanol–water partition coefficient (Wildman–Crippen LogP) is 4.74. The van der Waals surface area contributed by atoms with E-state index in [1.807, 2.05) is 0 Å². The highest BCUT2D eigenvalue weighted by atomic mass is 35.5. The quantitative estimate of drug-likeness (QED) is 0.0899. The molecule has 0 N–H and O–H groups in total. The first kappa shape index (κ1) is 28.2. The van der Waals surface area contributed by atoms with E-state index in [9.17, 15) is 34.1 Å². The molecule has 2 bridgehead atoms. The molecule has 0 spiro atoms. The van der Waals surface area contributed by atoms with Gasteiger partial charge < -0.3 is 4.74 Å². The van der Waals surface area contributed by atoms with Crippen molar-refractivity contribution in [2.24, 2.45) is 23.7 Å². The molecule has 4 atom stereocenters. The molecule has 218 valence electrons. The largest absolute Gasteiger partial charge is 0.423 e. The Hall–Kier alpha value is -4.90. The second kappa shape index (κ2) is 11.1. The molecule has 12 heteroatoms. The Balaban J connectivity index is 1.21. The number of rotatable bonds is 8. The predicted molar refractivity (Wildman–Crippen MR) is 151 cm³/mol. The van der Waals surface area contributed by atoms with Crippen LogP contribution in [0.5, 0.6) is 5.75 Å². The number of fused-ring (bicyclic) bond motifs is 5. The van der Waals surface area contributed by atoms with E-state index in [0.717, 1.165) is 29.3 Å². The summed E-state index contributed by atoms with van der Waals surface area (Å²) in [5.41, 5.74) is 0.242. The summed E-state index contributed by atoms with van der Waals surface area (Å²) < 4.78 is 5.31. The normalized spacial score (nSPS) is 21.9. The zero-order valence-electron chi connectivity index (χ0n) is 22.6. The molecule has 3 aliphatic rings. The summed E-state index contributed by atoms with van der Waals surface area (Å²) in [5, 5.41) is 13.0. The molecule has 1 aliphatic heterocycles. The van der Waals surface area contributed by atoms with Crippen LogP contribution in [0.4, 0.5) is 5.69 Å². The van der Waals surface area contributed by atoms with Crippen LogP contribution in [0.3, 0.4) is 0 Å². The van der Waals surface area contributed by atoms with Crippen LogP contribution in [-0.2, 0) is 9.59 Å². The zero-order chi connectivity index (χ0) is 30.4. The molecular formula is C31H24ClN3O8. The first-order valence-electron chi connectivity index (χ1n) is 13.7. The lowest BCUT2D eigenvalue weighted by molar-refractivity contribution is -0.384. The fraction of sp³-hybridized carbons (Fsp3) is 0.258. The minimum Gasteiger partial charge on any atom is -0.423 e. The average molecular weight is 602 g/mol. The van der Waals surface area contributed by atoms with Crippen molar-refractivity contribution in [3.05, 3.63) is 105 Å². The second-order valence-electron chi connectivity index (χ2n) is 10.9. The maximum absolute atomic E-state index is 13.7. The van der Waals surface area contributed by atoms with Gasteiger partial charge in [-0.25, -0.2) is 9.80 Å². The number of hydrogen-bond acceptors (Lipinski definition) is 8. The lowest BCUT2D eigenvalue weighted by atomic mass is 9.81. The monoisotopic (exact) mass is 601 g/mol. The number of nitro benzene ring substituents is 1. The van der Waals surface area contributed by atoms with Gasteiger partial charge in [0.15, 0.2) is 5.78 Å². The number of non-ortho nitro benzene ring substituents is 1. The Morgan fingerprint density at radius 3 is 1.93 bits per heavy atom. The van der Waals surface area contributed by atoms with E-state index in [1.54, 1.807) is 0 Å². The van der Waals surface area contributed by atoms with Gasteiger partial charge in [0.05, 0.1) is 22.3 Å². The van der Waals surface area contributed by atoms with Gasteiger partial charge in [0.1, 0.15) is 12.3 Å². The third-order valence-corrected chi connectivity index (χ3v) is 8.72. The van der Waals surface area contributed by atoms with Crippen molar-refractivity contribution < 1.29 is 33.6 Å². The molecule has 3 aromatic rings. The third-order valence-electron chi connectivity index (χ3n) is 8.47. The van der Waals surface area contributed by atoms with Crippen molar-refractivity contribution in [2.75, 3.05) is 6.54 Å². The highest BCUT2D eigenvalue weighted by Crippen LogP contribution is 2.56. The topological polar surface area (TPSA) is 144 Å². The van der Waals surface area contributed by atoms with Gasteiger partial charge in [-0.1, -0.05) is 11.6 Å². The number of nitrogens with zero attached hydrogens (tertiary/aromatic N) is 3. The van der Waals surface area contributed by atoms with Crippen LogP contribution in [0.2, 0.25) is 5.02 Å². The summed E-state index contributed by atoms with van der Waals surface area (Å²) in [6.45, 7) is -0.574. The van der Waals surface area contributed by atoms with E-state index in [2.05, 4.69) is 0 Å². The van der Waals surface area contributed by atoms with Gasteiger partial charge in [-0.3, -0.25) is 29.3 Å². The van der Waals surface area contributed by atoms with Gasteiger partial charge in [0.25, 0.3) is 23.4 Å². The van der Waals surface area contributed by atoms with E-state index >= 15 is 0 Å². The van der Waals surface area contributed by atoms with Crippen molar-refractivity contribution in [2.45, 2.75) is 19.3 Å². The van der Waals surface area contributed by atoms with Crippen molar-refractivity contribution in [1.82, 2.24) is 10.0 Å². The van der Waals surface area contributed by atoms with Crippen LogP contribution in [0.25, 0.3) is 0 Å². The van der Waals surface area contributed by atoms with Crippen LogP contribution in [0, 0.1) is 33.8 Å². The summed E-state index contributed by atoms with van der Waals surface area (Å²) in [5.74, 6) is -3.54. The van der Waals surface area contributed by atoms with Crippen LogP contribution >= 0.6 is 11.6 Å². The summed E-state index contributed by atoms with van der Waals surface area (Å²) in [4.78, 5) is 76.9. The Bertz CT molecular complexity index is 1630. The SMILES string of the molecule is O=C(CN(C(=O)c1ccc(Cl)cc1)N1C(=O)[C@@H]2[C@H]3CC[C@@H](C3)[C@@H]2C1=O)c1ccc(OC(=O)c2ccc([N+](=O)[O-])cc2)cc1. The third kappa shape index (κ3) is 5.16. The van der Waals surface area contributed by atoms with E-state index in [0.29, 0.717) is 5.02 Å². The van der Waals surface area contributed by atoms with Gasteiger partial charge in [-0.05, 0) is 91.8 Å². The summed E-state index contributed by atoms with van der Waals surface area (Å²) >= 11 is 5.98. The second-order valence-corrected chi connectivity index (χ2v) is 11.3. The molecular weight excluding hydrogens is 578 g/mol. The van der Waals surface area contributed by atoms with Crippen molar-refractivity contribution in [3.8, 4) is 5.75 Å². The summed E-state index contributed by atoms with van der Waals surface area (Å²) in [6, 6.07) is 16.4. The highest BCUT2D eigenvalue weighted by Gasteiger charge is 2.62. The van der Waals surface area contributed by atoms with E-state index in [4.69, 9.17) is 16.3 Å². The highest BCUT2D eigenvalue weighted by molar-refractivity contribution is 6.30. The number of nitro groups is 1. The minimum absolute atomic E-state index is 0.0975. The molecule has 6 rings (SSSR count). The first-order valence-corrected chi connectivity index (χ1v) is 14.0. The van der Waals surface area contributed by atoms with Crippen molar-refractivity contribution >= 4 is 46.8 Å². The van der Waals surface area contributed by atoms with Gasteiger partial charge >= 0.3 is 5.97 Å². The molecule has 3 fully saturated rings. The molecule has 2 saturated carbocycles. The number of hydrogen-bond donors (Lipinski definition) is 0. The minimum atomic E-state index is -0.751. The molecule has 11 nitrogen and oxygen atoms in total. The van der Waals surface area contributed by atoms with Gasteiger partial charge in [-0.15, -0.1) is 0 Å². The standard InChI is InChI=1S/C31H24ClN3O8/c32-22-9-3-18(4-10-22)28(37)33(34-29(38)26-20-1-2-21(15-20)27(26)30(34)39)16-25(36)17-7-13-24(14-8-17)43-31(40)19-5-11-23(12-6-19)35(41)42/h3-14,20-21,26-27H,1-2,15-16H2/t20-,21-,26-,27+/m0/s1. The Morgan fingerprint density at radius 1 is 0.837 bits per heavy atom. The number of carbonyl (C=O) groups is 5. The number of hydrazine groups is 1. The van der Waals surface area contributed by atoms with Gasteiger partial charge in [-0.2, -0.15) is 5.01 Å². The van der Waals surface area contributed by atoms with E-state index in [-0.39, 0.29) is 40.0 Å². The lowest BCUT2D eigenvalue weighted by Gasteiger charge is -2.30. The molecule has 1 heterocycles. The van der Waals surface area contributed by atoms with Crippen LogP contribution in [0.15, 0.2) is 72.8 Å². The maximum Gasteiger partial charge on any atom is 0.343 e. The number of benzene rings is 3. The zero-order valence-corrected chi connectivity index (χ0v) is 23.3. The Morgan fingerprint density at radius 2 is 1.37 bits per heavy atom. The number of carbonyl (C=O) groups excluding carboxylic acids is 5. The van der Waals surface area contributed by atoms with Crippen LogP contribution in [-0.4, -0.2) is 51.0 Å². The number of amides is 3. The number of ketones is 1. The van der Waals surface area contributed by atoms with Gasteiger partial charge in [0, 0.05) is 28.3 Å². The fourth-order valence-electron chi connectivity index (χ4n) is 6.43. The smallest absolute Gasteiger partial charge is 0.343 e. The van der Waals surface area contributed by atoms with Gasteiger partial charge in [0.2, 0.25) is 0 Å². The fourth-order valence-corrected chi connectivity index (χ4v) is 6.55. The molecule has 2 aliphatic carbocycles.